The fourth-order valence-electron chi connectivity index (χ4n) is 1.90. The SMILES string of the molecule is Cn1cnc(CN)c1CCc1ccccc1. The van der Waals surface area contributed by atoms with E-state index in [-0.39, 0.29) is 0 Å². The predicted molar refractivity (Wildman–Crippen MR) is 64.9 cm³/mol. The largest absolute Gasteiger partial charge is 0.337 e. The first-order valence-electron chi connectivity index (χ1n) is 5.54. The van der Waals surface area contributed by atoms with Crippen molar-refractivity contribution in [2.75, 3.05) is 0 Å². The van der Waals surface area contributed by atoms with Crippen LogP contribution in [0.4, 0.5) is 0 Å². The summed E-state index contributed by atoms with van der Waals surface area (Å²) < 4.78 is 2.06. The third-order valence-corrected chi connectivity index (χ3v) is 2.83. The second-order valence-corrected chi connectivity index (χ2v) is 3.94. The molecule has 0 saturated carbocycles. The number of nitrogens with zero attached hydrogens (tertiary/aromatic N) is 2. The Labute approximate surface area is 95.9 Å². The van der Waals surface area contributed by atoms with Crippen molar-refractivity contribution in [3.05, 3.63) is 53.6 Å². The van der Waals surface area contributed by atoms with E-state index in [1.807, 2.05) is 19.4 Å². The van der Waals surface area contributed by atoms with Crippen molar-refractivity contribution < 1.29 is 0 Å². The monoisotopic (exact) mass is 215 g/mol. The lowest BCUT2D eigenvalue weighted by atomic mass is 10.1. The highest BCUT2D eigenvalue weighted by molar-refractivity contribution is 5.19. The van der Waals surface area contributed by atoms with Gasteiger partial charge in [0.05, 0.1) is 12.0 Å². The summed E-state index contributed by atoms with van der Waals surface area (Å²) >= 11 is 0. The number of imidazole rings is 1. The van der Waals surface area contributed by atoms with Crippen molar-refractivity contribution in [3.63, 3.8) is 0 Å². The van der Waals surface area contributed by atoms with Crippen LogP contribution < -0.4 is 5.73 Å². The molecule has 1 aromatic heterocycles. The van der Waals surface area contributed by atoms with E-state index in [2.05, 4.69) is 33.8 Å². The summed E-state index contributed by atoms with van der Waals surface area (Å²) in [6.07, 6.45) is 3.86. The highest BCUT2D eigenvalue weighted by Gasteiger charge is 2.06. The van der Waals surface area contributed by atoms with E-state index < -0.39 is 0 Å². The van der Waals surface area contributed by atoms with Gasteiger partial charge in [-0.15, -0.1) is 0 Å². The lowest BCUT2D eigenvalue weighted by Gasteiger charge is -2.05. The first-order valence-corrected chi connectivity index (χ1v) is 5.54. The Hall–Kier alpha value is -1.61. The molecular formula is C13H17N3. The van der Waals surface area contributed by atoms with E-state index in [9.17, 15) is 0 Å². The topological polar surface area (TPSA) is 43.8 Å². The lowest BCUT2D eigenvalue weighted by molar-refractivity contribution is 0.785. The third-order valence-electron chi connectivity index (χ3n) is 2.83. The zero-order valence-electron chi connectivity index (χ0n) is 9.56. The smallest absolute Gasteiger partial charge is 0.0949 e. The van der Waals surface area contributed by atoms with Gasteiger partial charge in [-0.05, 0) is 18.4 Å². The van der Waals surface area contributed by atoms with Gasteiger partial charge < -0.3 is 10.3 Å². The number of hydrogen-bond acceptors (Lipinski definition) is 2. The fourth-order valence-corrected chi connectivity index (χ4v) is 1.90. The highest BCUT2D eigenvalue weighted by atomic mass is 15.0. The Morgan fingerprint density at radius 2 is 1.94 bits per heavy atom. The molecule has 0 aliphatic carbocycles. The maximum atomic E-state index is 5.66. The summed E-state index contributed by atoms with van der Waals surface area (Å²) in [4.78, 5) is 4.28. The van der Waals surface area contributed by atoms with E-state index in [1.54, 1.807) is 0 Å². The summed E-state index contributed by atoms with van der Waals surface area (Å²) in [5, 5.41) is 0. The minimum Gasteiger partial charge on any atom is -0.337 e. The quantitative estimate of drug-likeness (QED) is 0.843. The van der Waals surface area contributed by atoms with Crippen LogP contribution in [0.25, 0.3) is 0 Å². The molecule has 2 rings (SSSR count). The molecule has 0 bridgehead atoms. The van der Waals surface area contributed by atoms with E-state index >= 15 is 0 Å². The van der Waals surface area contributed by atoms with Crippen molar-refractivity contribution in [2.24, 2.45) is 12.8 Å². The summed E-state index contributed by atoms with van der Waals surface area (Å²) in [5.41, 5.74) is 9.26. The van der Waals surface area contributed by atoms with E-state index in [1.165, 1.54) is 11.3 Å². The minimum absolute atomic E-state index is 0.519. The molecule has 0 unspecified atom stereocenters. The Morgan fingerprint density at radius 3 is 2.62 bits per heavy atom. The van der Waals surface area contributed by atoms with Crippen LogP contribution in [0.1, 0.15) is 17.0 Å². The van der Waals surface area contributed by atoms with Crippen LogP contribution in [-0.4, -0.2) is 9.55 Å². The van der Waals surface area contributed by atoms with Gasteiger partial charge in [-0.25, -0.2) is 4.98 Å². The summed E-state index contributed by atoms with van der Waals surface area (Å²) in [6, 6.07) is 10.5. The van der Waals surface area contributed by atoms with Crippen LogP contribution in [0, 0.1) is 0 Å². The summed E-state index contributed by atoms with van der Waals surface area (Å²) in [7, 11) is 2.02. The van der Waals surface area contributed by atoms with Gasteiger partial charge in [-0.1, -0.05) is 30.3 Å². The average Bonchev–Trinajstić information content (AvgIpc) is 2.69. The van der Waals surface area contributed by atoms with Crippen LogP contribution in [-0.2, 0) is 26.4 Å². The number of aryl methyl sites for hydroxylation is 2. The van der Waals surface area contributed by atoms with Gasteiger partial charge in [-0.3, -0.25) is 0 Å². The molecule has 0 saturated heterocycles. The molecule has 3 heteroatoms. The van der Waals surface area contributed by atoms with Crippen molar-refractivity contribution in [2.45, 2.75) is 19.4 Å². The summed E-state index contributed by atoms with van der Waals surface area (Å²) in [6.45, 7) is 0.519. The van der Waals surface area contributed by atoms with E-state index in [4.69, 9.17) is 5.73 Å². The fraction of sp³-hybridized carbons (Fsp3) is 0.308. The van der Waals surface area contributed by atoms with Gasteiger partial charge in [0, 0.05) is 19.3 Å². The van der Waals surface area contributed by atoms with E-state index in [0.717, 1.165) is 18.5 Å². The molecule has 3 nitrogen and oxygen atoms in total. The molecule has 0 radical (unpaired) electrons. The van der Waals surface area contributed by atoms with Crippen molar-refractivity contribution in [3.8, 4) is 0 Å². The zero-order valence-corrected chi connectivity index (χ0v) is 9.56. The maximum absolute atomic E-state index is 5.66. The number of benzene rings is 1. The molecular weight excluding hydrogens is 198 g/mol. The molecule has 0 aliphatic heterocycles. The molecule has 0 amide bonds. The molecule has 2 N–H and O–H groups in total. The van der Waals surface area contributed by atoms with Crippen molar-refractivity contribution in [1.82, 2.24) is 9.55 Å². The van der Waals surface area contributed by atoms with Gasteiger partial charge in [0.2, 0.25) is 0 Å². The second kappa shape index (κ2) is 4.94. The van der Waals surface area contributed by atoms with Crippen LogP contribution in [0.5, 0.6) is 0 Å². The zero-order chi connectivity index (χ0) is 11.4. The Morgan fingerprint density at radius 1 is 1.19 bits per heavy atom. The Balaban J connectivity index is 2.07. The number of aromatic nitrogens is 2. The third kappa shape index (κ3) is 2.31. The maximum Gasteiger partial charge on any atom is 0.0949 e. The second-order valence-electron chi connectivity index (χ2n) is 3.94. The molecule has 0 atom stereocenters. The molecule has 0 aliphatic rings. The Kier molecular flexibility index (Phi) is 3.37. The average molecular weight is 215 g/mol. The van der Waals surface area contributed by atoms with Crippen LogP contribution in [0.15, 0.2) is 36.7 Å². The standard InChI is InChI=1S/C13H17N3/c1-16-10-15-12(9-14)13(16)8-7-11-5-3-2-4-6-11/h2-6,10H,7-9,14H2,1H3. The Bertz CT molecular complexity index is 445. The number of nitrogens with two attached hydrogens (primary N) is 1. The van der Waals surface area contributed by atoms with Gasteiger partial charge in [-0.2, -0.15) is 0 Å². The first-order chi connectivity index (χ1) is 7.81. The van der Waals surface area contributed by atoms with E-state index in [0.29, 0.717) is 6.54 Å². The molecule has 0 fully saturated rings. The van der Waals surface area contributed by atoms with Gasteiger partial charge in [0.15, 0.2) is 0 Å². The number of rotatable bonds is 4. The lowest BCUT2D eigenvalue weighted by Crippen LogP contribution is -2.05. The molecule has 1 aromatic carbocycles. The highest BCUT2D eigenvalue weighted by Crippen LogP contribution is 2.10. The predicted octanol–water partition coefficient (Wildman–Crippen LogP) is 1.66. The summed E-state index contributed by atoms with van der Waals surface area (Å²) in [5.74, 6) is 0. The molecule has 16 heavy (non-hydrogen) atoms. The molecule has 2 aromatic rings. The number of hydrogen-bond donors (Lipinski definition) is 1. The molecule has 0 spiro atoms. The van der Waals surface area contributed by atoms with Crippen molar-refractivity contribution >= 4 is 0 Å². The van der Waals surface area contributed by atoms with Crippen LogP contribution in [0.2, 0.25) is 0 Å². The van der Waals surface area contributed by atoms with Gasteiger partial charge >= 0.3 is 0 Å². The van der Waals surface area contributed by atoms with Crippen molar-refractivity contribution in [1.29, 1.82) is 0 Å². The first kappa shape index (κ1) is 10.9. The van der Waals surface area contributed by atoms with Gasteiger partial charge in [0.25, 0.3) is 0 Å². The van der Waals surface area contributed by atoms with Gasteiger partial charge in [0.1, 0.15) is 0 Å². The van der Waals surface area contributed by atoms with Crippen LogP contribution >= 0.6 is 0 Å². The minimum atomic E-state index is 0.519. The molecule has 1 heterocycles. The normalized spacial score (nSPS) is 10.6. The van der Waals surface area contributed by atoms with Crippen LogP contribution in [0.3, 0.4) is 0 Å². The molecule has 84 valence electrons.